The maximum Gasteiger partial charge on any atom is 0.179 e. The minimum absolute atomic E-state index is 0.0716. The maximum absolute atomic E-state index is 6.21. The highest BCUT2D eigenvalue weighted by Crippen LogP contribution is 2.41. The highest BCUT2D eigenvalue weighted by molar-refractivity contribution is 7.13. The van der Waals surface area contributed by atoms with Crippen LogP contribution in [0.4, 0.5) is 0 Å². The van der Waals surface area contributed by atoms with Gasteiger partial charge in [-0.2, -0.15) is 0 Å². The zero-order valence-corrected chi connectivity index (χ0v) is 11.9. The van der Waals surface area contributed by atoms with E-state index < -0.39 is 0 Å². The van der Waals surface area contributed by atoms with Crippen LogP contribution in [0, 0.1) is 0 Å². The van der Waals surface area contributed by atoms with Crippen LogP contribution in [0.5, 0.6) is 11.5 Å². The number of thiazole rings is 1. The Morgan fingerprint density at radius 2 is 2.16 bits per heavy atom. The third-order valence-corrected chi connectivity index (χ3v) is 4.02. The Bertz CT molecular complexity index is 613. The van der Waals surface area contributed by atoms with Crippen molar-refractivity contribution in [1.29, 1.82) is 0 Å². The first-order chi connectivity index (χ1) is 9.15. The summed E-state index contributed by atoms with van der Waals surface area (Å²) < 4.78 is 11.1. The smallest absolute Gasteiger partial charge is 0.179 e. The lowest BCUT2D eigenvalue weighted by Gasteiger charge is -2.19. The normalized spacial score (nSPS) is 15.3. The maximum atomic E-state index is 6.21. The van der Waals surface area contributed by atoms with E-state index in [1.807, 2.05) is 24.4 Å². The average Bonchev–Trinajstić information content (AvgIpc) is 2.88. The molecule has 1 aromatic carbocycles. The van der Waals surface area contributed by atoms with Crippen LogP contribution in [0.3, 0.4) is 0 Å². The third kappa shape index (κ3) is 2.41. The van der Waals surface area contributed by atoms with Gasteiger partial charge < -0.3 is 15.2 Å². The van der Waals surface area contributed by atoms with Crippen molar-refractivity contribution in [3.05, 3.63) is 28.2 Å². The van der Waals surface area contributed by atoms with Gasteiger partial charge in [0.25, 0.3) is 0 Å². The summed E-state index contributed by atoms with van der Waals surface area (Å²) in [6.07, 6.45) is 0. The van der Waals surface area contributed by atoms with Crippen molar-refractivity contribution in [1.82, 2.24) is 4.98 Å². The molecule has 100 valence electrons. The molecule has 0 saturated heterocycles. The lowest BCUT2D eigenvalue weighted by molar-refractivity contribution is 0.172. The van der Waals surface area contributed by atoms with E-state index in [2.05, 4.69) is 4.98 Å². The molecule has 1 atom stereocenters. The summed E-state index contributed by atoms with van der Waals surface area (Å²) in [4.78, 5) is 4.51. The second kappa shape index (κ2) is 5.00. The quantitative estimate of drug-likeness (QED) is 0.924. The first kappa shape index (κ1) is 12.7. The summed E-state index contributed by atoms with van der Waals surface area (Å²) in [5.41, 5.74) is 7.62. The molecule has 0 aliphatic carbocycles. The van der Waals surface area contributed by atoms with Crippen LogP contribution < -0.4 is 15.2 Å². The molecule has 3 rings (SSSR count). The first-order valence-electron chi connectivity index (χ1n) is 5.95. The lowest BCUT2D eigenvalue weighted by atomic mass is 10.2. The number of aromatic nitrogens is 1. The number of nitrogens with two attached hydrogens (primary N) is 1. The predicted molar refractivity (Wildman–Crippen MR) is 76.2 cm³/mol. The number of hydrogen-bond acceptors (Lipinski definition) is 5. The topological polar surface area (TPSA) is 57.4 Å². The van der Waals surface area contributed by atoms with E-state index in [9.17, 15) is 0 Å². The zero-order chi connectivity index (χ0) is 13.4. The zero-order valence-electron chi connectivity index (χ0n) is 10.4. The minimum atomic E-state index is -0.0716. The average molecular weight is 297 g/mol. The van der Waals surface area contributed by atoms with Crippen LogP contribution in [-0.4, -0.2) is 18.2 Å². The van der Waals surface area contributed by atoms with Gasteiger partial charge in [-0.25, -0.2) is 4.98 Å². The molecule has 19 heavy (non-hydrogen) atoms. The molecule has 1 unspecified atom stereocenters. The Kier molecular flexibility index (Phi) is 3.35. The largest absolute Gasteiger partial charge is 0.486 e. The van der Waals surface area contributed by atoms with Gasteiger partial charge >= 0.3 is 0 Å². The van der Waals surface area contributed by atoms with Gasteiger partial charge in [0.1, 0.15) is 18.2 Å². The fraction of sp³-hybridized carbons (Fsp3) is 0.308. The molecular formula is C13H13ClN2O2S. The molecule has 0 amide bonds. The number of benzene rings is 1. The molecule has 2 aromatic rings. The van der Waals surface area contributed by atoms with Crippen LogP contribution in [0.2, 0.25) is 5.02 Å². The summed E-state index contributed by atoms with van der Waals surface area (Å²) >= 11 is 7.76. The van der Waals surface area contributed by atoms with Crippen molar-refractivity contribution in [2.45, 2.75) is 13.0 Å². The molecule has 2 N–H and O–H groups in total. The van der Waals surface area contributed by atoms with Gasteiger partial charge in [0, 0.05) is 17.0 Å². The van der Waals surface area contributed by atoms with E-state index in [0.717, 1.165) is 16.3 Å². The summed E-state index contributed by atoms with van der Waals surface area (Å²) in [6.45, 7) is 2.98. The van der Waals surface area contributed by atoms with Gasteiger partial charge in [-0.05, 0) is 19.1 Å². The van der Waals surface area contributed by atoms with Gasteiger partial charge in [0.15, 0.2) is 11.5 Å². The van der Waals surface area contributed by atoms with Crippen LogP contribution in [-0.2, 0) is 0 Å². The Hall–Kier alpha value is -1.30. The van der Waals surface area contributed by atoms with E-state index in [0.29, 0.717) is 29.7 Å². The predicted octanol–water partition coefficient (Wildman–Crippen LogP) is 3.25. The molecule has 0 fully saturated rings. The molecular weight excluding hydrogens is 284 g/mol. The molecule has 1 aliphatic rings. The Balaban J connectivity index is 2.02. The van der Waals surface area contributed by atoms with Crippen LogP contribution >= 0.6 is 22.9 Å². The van der Waals surface area contributed by atoms with Crippen molar-refractivity contribution < 1.29 is 9.47 Å². The summed E-state index contributed by atoms with van der Waals surface area (Å²) in [5, 5.41) is 3.39. The fourth-order valence-electron chi connectivity index (χ4n) is 1.86. The summed E-state index contributed by atoms with van der Waals surface area (Å²) in [5.74, 6) is 1.28. The van der Waals surface area contributed by atoms with E-state index in [1.54, 1.807) is 11.3 Å². The highest BCUT2D eigenvalue weighted by atomic mass is 35.5. The molecule has 0 bridgehead atoms. The fourth-order valence-corrected chi connectivity index (χ4v) is 3.04. The second-order valence-corrected chi connectivity index (χ2v) is 5.61. The number of nitrogens with zero attached hydrogens (tertiary/aromatic N) is 1. The molecule has 0 saturated carbocycles. The number of rotatable bonds is 2. The SMILES string of the molecule is CC(N)c1csc(-c2cc(Cl)c3c(c2)OCCO3)n1. The minimum Gasteiger partial charge on any atom is -0.486 e. The van der Waals surface area contributed by atoms with Gasteiger partial charge in [-0.15, -0.1) is 11.3 Å². The van der Waals surface area contributed by atoms with Gasteiger partial charge in [0.2, 0.25) is 0 Å². The Labute approximate surface area is 120 Å². The Morgan fingerprint density at radius 3 is 2.89 bits per heavy atom. The van der Waals surface area contributed by atoms with Gasteiger partial charge in [0.05, 0.1) is 10.7 Å². The molecule has 0 spiro atoms. The number of ether oxygens (including phenoxy) is 2. The van der Waals surface area contributed by atoms with Crippen molar-refractivity contribution in [2.24, 2.45) is 5.73 Å². The second-order valence-electron chi connectivity index (χ2n) is 4.35. The van der Waals surface area contributed by atoms with E-state index in [-0.39, 0.29) is 6.04 Å². The standard InChI is InChI=1S/C13H13ClN2O2S/c1-7(15)10-6-19-13(16-10)8-4-9(14)12-11(5-8)17-2-3-18-12/h4-7H,2-3,15H2,1H3. The summed E-state index contributed by atoms with van der Waals surface area (Å²) in [7, 11) is 0. The van der Waals surface area contributed by atoms with E-state index in [1.165, 1.54) is 0 Å². The molecule has 4 nitrogen and oxygen atoms in total. The van der Waals surface area contributed by atoms with Crippen molar-refractivity contribution in [3.8, 4) is 22.1 Å². The van der Waals surface area contributed by atoms with Crippen LogP contribution in [0.25, 0.3) is 10.6 Å². The Morgan fingerprint density at radius 1 is 1.37 bits per heavy atom. The molecule has 1 aromatic heterocycles. The molecule has 0 radical (unpaired) electrons. The van der Waals surface area contributed by atoms with Crippen molar-refractivity contribution >= 4 is 22.9 Å². The van der Waals surface area contributed by atoms with Crippen LogP contribution in [0.15, 0.2) is 17.5 Å². The monoisotopic (exact) mass is 296 g/mol. The molecule has 2 heterocycles. The number of hydrogen-bond donors (Lipinski definition) is 1. The van der Waals surface area contributed by atoms with Gasteiger partial charge in [-0.3, -0.25) is 0 Å². The van der Waals surface area contributed by atoms with Crippen LogP contribution in [0.1, 0.15) is 18.7 Å². The lowest BCUT2D eigenvalue weighted by Crippen LogP contribution is -2.15. The molecule has 1 aliphatic heterocycles. The van der Waals surface area contributed by atoms with Gasteiger partial charge in [-0.1, -0.05) is 11.6 Å². The van der Waals surface area contributed by atoms with E-state index >= 15 is 0 Å². The van der Waals surface area contributed by atoms with E-state index in [4.69, 9.17) is 26.8 Å². The number of fused-ring (bicyclic) bond motifs is 1. The summed E-state index contributed by atoms with van der Waals surface area (Å²) in [6, 6.07) is 3.68. The third-order valence-electron chi connectivity index (χ3n) is 2.83. The number of halogens is 1. The van der Waals surface area contributed by atoms with Crippen molar-refractivity contribution in [2.75, 3.05) is 13.2 Å². The highest BCUT2D eigenvalue weighted by Gasteiger charge is 2.18. The first-order valence-corrected chi connectivity index (χ1v) is 7.21. The molecule has 6 heteroatoms. The van der Waals surface area contributed by atoms with Crippen molar-refractivity contribution in [3.63, 3.8) is 0 Å².